The molecule has 0 aliphatic rings. The SMILES string of the molecule is Clc1c(Cl)c(Cl)c([O][Sb]([c]2ccccc2)([c]2ccccc2)([c]2ccccc2)[c]2ccccc2)c(Cl)c1Cl. The van der Waals surface area contributed by atoms with Crippen LogP contribution in [0.1, 0.15) is 0 Å². The number of benzene rings is 5. The molecule has 0 saturated carbocycles. The van der Waals surface area contributed by atoms with E-state index in [1.54, 1.807) is 0 Å². The summed E-state index contributed by atoms with van der Waals surface area (Å²) in [6.07, 6.45) is 0. The normalized spacial score (nSPS) is 12.5. The molecule has 0 spiro atoms. The fraction of sp³-hybridized carbons (Fsp3) is 0. The van der Waals surface area contributed by atoms with Crippen molar-refractivity contribution in [3.8, 4) is 5.75 Å². The Morgan fingerprint density at radius 3 is 0.865 bits per heavy atom. The standard InChI is InChI=1S/C6HCl5O.4C6H5.Sb/c7-1-2(8)4(10)6(12)5(11)3(1)9;4*1-2-4-6-5-3-1;/h12H;4*1-5H;/q;;;;;+1/p-1. The molecule has 0 atom stereocenters. The molecule has 5 aromatic carbocycles. The fourth-order valence-corrected chi connectivity index (χ4v) is 22.7. The molecule has 0 aromatic heterocycles. The molecule has 0 heterocycles. The van der Waals surface area contributed by atoms with Crippen molar-refractivity contribution in [3.63, 3.8) is 0 Å². The van der Waals surface area contributed by atoms with Gasteiger partial charge in [-0.05, 0) is 0 Å². The van der Waals surface area contributed by atoms with E-state index < -0.39 is 17.8 Å². The van der Waals surface area contributed by atoms with E-state index >= 15 is 0 Å². The van der Waals surface area contributed by atoms with Gasteiger partial charge < -0.3 is 0 Å². The zero-order chi connectivity index (χ0) is 26.1. The first kappa shape index (κ1) is 26.8. The molecule has 0 amide bonds. The second kappa shape index (κ2) is 10.7. The minimum atomic E-state index is -5.31. The van der Waals surface area contributed by atoms with E-state index in [4.69, 9.17) is 61.0 Å². The van der Waals surface area contributed by atoms with Gasteiger partial charge in [-0.1, -0.05) is 0 Å². The second-order valence-corrected chi connectivity index (χ2v) is 22.6. The van der Waals surface area contributed by atoms with Gasteiger partial charge in [-0.2, -0.15) is 0 Å². The molecule has 0 radical (unpaired) electrons. The van der Waals surface area contributed by atoms with Gasteiger partial charge in [-0.25, -0.2) is 0 Å². The van der Waals surface area contributed by atoms with Gasteiger partial charge in [0.2, 0.25) is 0 Å². The van der Waals surface area contributed by atoms with Crippen LogP contribution in [-0.4, -0.2) is 17.8 Å². The van der Waals surface area contributed by atoms with Crippen molar-refractivity contribution in [3.05, 3.63) is 146 Å². The molecule has 0 unspecified atom stereocenters. The summed E-state index contributed by atoms with van der Waals surface area (Å²) in [4.78, 5) is 0. The summed E-state index contributed by atoms with van der Waals surface area (Å²) in [6, 6.07) is 41.0. The Hall–Kier alpha value is -1.83. The first-order valence-electron chi connectivity index (χ1n) is 11.4. The van der Waals surface area contributed by atoms with Gasteiger partial charge in [0.15, 0.2) is 0 Å². The van der Waals surface area contributed by atoms with Crippen LogP contribution in [-0.2, 0) is 0 Å². The molecule has 0 aliphatic heterocycles. The van der Waals surface area contributed by atoms with Crippen LogP contribution in [0.2, 0.25) is 25.1 Å². The van der Waals surface area contributed by atoms with Crippen LogP contribution in [0, 0.1) is 0 Å². The van der Waals surface area contributed by atoms with Crippen LogP contribution in [0.5, 0.6) is 5.75 Å². The molecular weight excluding hydrogens is 675 g/mol. The number of halogens is 5. The van der Waals surface area contributed by atoms with Gasteiger partial charge in [0.1, 0.15) is 0 Å². The third-order valence-corrected chi connectivity index (χ3v) is 24.9. The molecule has 1 nitrogen and oxygen atoms in total. The van der Waals surface area contributed by atoms with E-state index in [-0.39, 0.29) is 30.9 Å². The molecule has 5 aromatic rings. The molecular formula is C30H20Cl5OSb. The first-order chi connectivity index (χ1) is 17.9. The summed E-state index contributed by atoms with van der Waals surface area (Å²) >= 11 is 27.8. The molecule has 5 rings (SSSR count). The molecule has 7 heteroatoms. The number of hydrogen-bond acceptors (Lipinski definition) is 1. The maximum absolute atomic E-state index is 7.52. The van der Waals surface area contributed by atoms with E-state index in [2.05, 4.69) is 48.5 Å². The molecule has 0 N–H and O–H groups in total. The Kier molecular flexibility index (Phi) is 7.77. The Morgan fingerprint density at radius 1 is 0.351 bits per heavy atom. The predicted octanol–water partition coefficient (Wildman–Crippen LogP) is 7.86. The molecule has 0 fully saturated rings. The molecule has 0 saturated heterocycles. The third-order valence-electron chi connectivity index (χ3n) is 6.44. The maximum atomic E-state index is 7.52. The average molecular weight is 696 g/mol. The Bertz CT molecular complexity index is 1350. The van der Waals surface area contributed by atoms with Crippen molar-refractivity contribution >= 4 is 89.9 Å². The summed E-state index contributed by atoms with van der Waals surface area (Å²) < 4.78 is 11.6. The summed E-state index contributed by atoms with van der Waals surface area (Å²) in [5.74, 6) is 0.199. The molecule has 186 valence electrons. The first-order valence-corrected chi connectivity index (χ1v) is 19.4. The van der Waals surface area contributed by atoms with Crippen molar-refractivity contribution in [1.82, 2.24) is 0 Å². The van der Waals surface area contributed by atoms with Crippen LogP contribution in [0.15, 0.2) is 121 Å². The monoisotopic (exact) mass is 692 g/mol. The number of rotatable bonds is 6. The van der Waals surface area contributed by atoms with Crippen LogP contribution in [0.25, 0.3) is 0 Å². The van der Waals surface area contributed by atoms with Gasteiger partial charge in [-0.15, -0.1) is 0 Å². The summed E-state index contributed by atoms with van der Waals surface area (Å²) in [5.41, 5.74) is 0. The van der Waals surface area contributed by atoms with Crippen molar-refractivity contribution in [1.29, 1.82) is 0 Å². The quantitative estimate of drug-likeness (QED) is 0.1000. The van der Waals surface area contributed by atoms with Gasteiger partial charge in [0.25, 0.3) is 0 Å². The minimum absolute atomic E-state index is 0.0818. The van der Waals surface area contributed by atoms with Crippen LogP contribution < -0.4 is 17.1 Å². The van der Waals surface area contributed by atoms with Crippen LogP contribution >= 0.6 is 58.0 Å². The summed E-state index contributed by atoms with van der Waals surface area (Å²) in [7, 11) is 0. The number of hydrogen-bond donors (Lipinski definition) is 0. The van der Waals surface area contributed by atoms with E-state index in [0.717, 1.165) is 14.0 Å². The second-order valence-electron chi connectivity index (χ2n) is 8.37. The zero-order valence-corrected chi connectivity index (χ0v) is 25.6. The van der Waals surface area contributed by atoms with Crippen molar-refractivity contribution < 1.29 is 3.02 Å². The van der Waals surface area contributed by atoms with Gasteiger partial charge in [0, 0.05) is 0 Å². The predicted molar refractivity (Wildman–Crippen MR) is 162 cm³/mol. The third kappa shape index (κ3) is 4.16. The van der Waals surface area contributed by atoms with E-state index in [9.17, 15) is 0 Å². The van der Waals surface area contributed by atoms with Crippen LogP contribution in [0.3, 0.4) is 0 Å². The van der Waals surface area contributed by atoms with E-state index in [0.29, 0.717) is 0 Å². The van der Waals surface area contributed by atoms with Crippen molar-refractivity contribution in [2.45, 2.75) is 0 Å². The molecule has 0 bridgehead atoms. The van der Waals surface area contributed by atoms with Crippen molar-refractivity contribution in [2.24, 2.45) is 0 Å². The Balaban J connectivity index is 2.07. The Morgan fingerprint density at radius 2 is 0.595 bits per heavy atom. The molecule has 0 aliphatic carbocycles. The Labute approximate surface area is 243 Å². The van der Waals surface area contributed by atoms with E-state index in [1.165, 1.54) is 0 Å². The van der Waals surface area contributed by atoms with Gasteiger partial charge in [0.05, 0.1) is 0 Å². The van der Waals surface area contributed by atoms with E-state index in [1.807, 2.05) is 72.8 Å². The topological polar surface area (TPSA) is 9.23 Å². The van der Waals surface area contributed by atoms with Gasteiger partial charge in [-0.3, -0.25) is 0 Å². The summed E-state index contributed by atoms with van der Waals surface area (Å²) in [5, 5.41) is 0.474. The molecule has 37 heavy (non-hydrogen) atoms. The van der Waals surface area contributed by atoms with Gasteiger partial charge >= 0.3 is 245 Å². The van der Waals surface area contributed by atoms with Crippen LogP contribution in [0.4, 0.5) is 0 Å². The zero-order valence-electron chi connectivity index (χ0n) is 19.3. The average Bonchev–Trinajstić information content (AvgIpc) is 2.97. The summed E-state index contributed by atoms with van der Waals surface area (Å²) in [6.45, 7) is 0. The van der Waals surface area contributed by atoms with Crippen molar-refractivity contribution in [2.75, 3.05) is 0 Å². The fourth-order valence-electron chi connectivity index (χ4n) is 4.80.